The molecule has 1 heterocycles. The van der Waals surface area contributed by atoms with Crippen molar-refractivity contribution in [3.63, 3.8) is 0 Å². The zero-order valence-corrected chi connectivity index (χ0v) is 14.5. The predicted octanol–water partition coefficient (Wildman–Crippen LogP) is 0.534. The van der Waals surface area contributed by atoms with Crippen molar-refractivity contribution in [1.29, 1.82) is 0 Å². The van der Waals surface area contributed by atoms with Crippen molar-refractivity contribution >= 4 is 11.8 Å². The molecule has 24 heavy (non-hydrogen) atoms. The topological polar surface area (TPSA) is 53.9 Å². The molecule has 1 aliphatic carbocycles. The SMILES string of the molecule is C[NH+](CC(=O)NC1CC1)[C@@H](C(=O)N1CCCCC1)c1ccccc1. The Bertz CT molecular complexity index is 565. The van der Waals surface area contributed by atoms with Crippen LogP contribution in [0, 0.1) is 0 Å². The van der Waals surface area contributed by atoms with Gasteiger partial charge in [-0.05, 0) is 32.1 Å². The fourth-order valence-electron chi connectivity index (χ4n) is 3.44. The third-order valence-corrected chi connectivity index (χ3v) is 4.92. The number of carbonyl (C=O) groups is 2. The minimum atomic E-state index is -0.311. The standard InChI is InChI=1S/C19H27N3O2/c1-21(14-17(23)20-16-10-11-16)18(15-8-4-2-5-9-15)19(24)22-12-6-3-7-13-22/h2,4-5,8-9,16,18H,3,6-7,10-14H2,1H3,(H,20,23)/p+1/t18-/m1/s1. The van der Waals surface area contributed by atoms with Gasteiger partial charge in [0.2, 0.25) is 0 Å². The maximum absolute atomic E-state index is 13.1. The van der Waals surface area contributed by atoms with Crippen LogP contribution in [-0.4, -0.2) is 49.4 Å². The number of likely N-dealkylation sites (tertiary alicyclic amines) is 1. The van der Waals surface area contributed by atoms with Gasteiger partial charge in [0, 0.05) is 24.7 Å². The van der Waals surface area contributed by atoms with Crippen LogP contribution in [0.4, 0.5) is 0 Å². The molecule has 1 saturated carbocycles. The first-order valence-corrected chi connectivity index (χ1v) is 9.10. The maximum Gasteiger partial charge on any atom is 0.285 e. The molecule has 1 unspecified atom stereocenters. The molecule has 2 N–H and O–H groups in total. The first kappa shape index (κ1) is 17.0. The summed E-state index contributed by atoms with van der Waals surface area (Å²) in [6.45, 7) is 2.00. The number of hydrogen-bond acceptors (Lipinski definition) is 2. The van der Waals surface area contributed by atoms with E-state index < -0.39 is 0 Å². The lowest BCUT2D eigenvalue weighted by Gasteiger charge is -2.32. The van der Waals surface area contributed by atoms with Gasteiger partial charge in [-0.2, -0.15) is 0 Å². The van der Waals surface area contributed by atoms with Crippen molar-refractivity contribution in [1.82, 2.24) is 10.2 Å². The Morgan fingerprint density at radius 1 is 1.17 bits per heavy atom. The van der Waals surface area contributed by atoms with E-state index in [2.05, 4.69) is 5.32 Å². The summed E-state index contributed by atoms with van der Waals surface area (Å²) in [4.78, 5) is 28.2. The van der Waals surface area contributed by atoms with Crippen molar-refractivity contribution < 1.29 is 14.5 Å². The zero-order chi connectivity index (χ0) is 16.9. The average molecular weight is 330 g/mol. The molecule has 1 saturated heterocycles. The van der Waals surface area contributed by atoms with Crippen LogP contribution in [-0.2, 0) is 9.59 Å². The van der Waals surface area contributed by atoms with Crippen molar-refractivity contribution in [3.05, 3.63) is 35.9 Å². The highest BCUT2D eigenvalue weighted by atomic mass is 16.2. The Kier molecular flexibility index (Phi) is 5.51. The molecule has 1 aromatic carbocycles. The fraction of sp³-hybridized carbons (Fsp3) is 0.579. The van der Waals surface area contributed by atoms with Crippen molar-refractivity contribution in [3.8, 4) is 0 Å². The summed E-state index contributed by atoms with van der Waals surface area (Å²) in [5.41, 5.74) is 0.991. The number of amides is 2. The van der Waals surface area contributed by atoms with E-state index >= 15 is 0 Å². The van der Waals surface area contributed by atoms with Crippen LogP contribution >= 0.6 is 0 Å². The summed E-state index contributed by atoms with van der Waals surface area (Å²) in [5.74, 6) is 0.194. The number of nitrogens with one attached hydrogen (secondary N) is 2. The summed E-state index contributed by atoms with van der Waals surface area (Å²) in [6.07, 6.45) is 5.52. The number of hydrogen-bond donors (Lipinski definition) is 2. The molecule has 2 atom stereocenters. The van der Waals surface area contributed by atoms with E-state index in [0.717, 1.165) is 49.2 Å². The summed E-state index contributed by atoms with van der Waals surface area (Å²) in [5, 5.41) is 3.02. The lowest BCUT2D eigenvalue weighted by Crippen LogP contribution is -3.11. The first-order chi connectivity index (χ1) is 11.6. The molecule has 0 spiro atoms. The summed E-state index contributed by atoms with van der Waals surface area (Å²) >= 11 is 0. The molecule has 2 aliphatic rings. The van der Waals surface area contributed by atoms with Crippen LogP contribution in [0.15, 0.2) is 30.3 Å². The quantitative estimate of drug-likeness (QED) is 0.800. The Balaban J connectivity index is 1.73. The molecule has 2 fully saturated rings. The number of quaternary nitrogens is 1. The van der Waals surface area contributed by atoms with Gasteiger partial charge in [-0.3, -0.25) is 9.59 Å². The number of piperidine rings is 1. The molecule has 2 amide bonds. The number of rotatable bonds is 6. The van der Waals surface area contributed by atoms with Crippen molar-refractivity contribution in [2.45, 2.75) is 44.2 Å². The summed E-state index contributed by atoms with van der Waals surface area (Å²) in [6, 6.07) is 9.92. The maximum atomic E-state index is 13.1. The van der Waals surface area contributed by atoms with Gasteiger partial charge in [-0.1, -0.05) is 30.3 Å². The van der Waals surface area contributed by atoms with Gasteiger partial charge in [0.05, 0.1) is 7.05 Å². The highest BCUT2D eigenvalue weighted by Gasteiger charge is 2.35. The molecule has 5 nitrogen and oxygen atoms in total. The summed E-state index contributed by atoms with van der Waals surface area (Å²) < 4.78 is 0. The highest BCUT2D eigenvalue weighted by molar-refractivity contribution is 5.83. The predicted molar refractivity (Wildman–Crippen MR) is 92.5 cm³/mol. The van der Waals surface area contributed by atoms with E-state index in [-0.39, 0.29) is 17.9 Å². The van der Waals surface area contributed by atoms with Crippen LogP contribution in [0.2, 0.25) is 0 Å². The minimum absolute atomic E-state index is 0.0439. The number of likely N-dealkylation sites (N-methyl/N-ethyl adjacent to an activating group) is 1. The van der Waals surface area contributed by atoms with Crippen LogP contribution in [0.25, 0.3) is 0 Å². The third kappa shape index (κ3) is 4.35. The number of nitrogens with zero attached hydrogens (tertiary/aromatic N) is 1. The van der Waals surface area contributed by atoms with Gasteiger partial charge < -0.3 is 15.1 Å². The highest BCUT2D eigenvalue weighted by Crippen LogP contribution is 2.19. The Morgan fingerprint density at radius 2 is 1.83 bits per heavy atom. The van der Waals surface area contributed by atoms with Crippen LogP contribution in [0.5, 0.6) is 0 Å². The van der Waals surface area contributed by atoms with E-state index in [1.54, 1.807) is 0 Å². The van der Waals surface area contributed by atoms with Gasteiger partial charge in [0.1, 0.15) is 0 Å². The van der Waals surface area contributed by atoms with Crippen LogP contribution < -0.4 is 10.2 Å². The lowest BCUT2D eigenvalue weighted by atomic mass is 10.0. The Morgan fingerprint density at radius 3 is 2.46 bits per heavy atom. The molecule has 0 bridgehead atoms. The van der Waals surface area contributed by atoms with Crippen LogP contribution in [0.1, 0.15) is 43.7 Å². The second-order valence-electron chi connectivity index (χ2n) is 7.09. The van der Waals surface area contributed by atoms with Gasteiger partial charge >= 0.3 is 0 Å². The minimum Gasteiger partial charge on any atom is -0.348 e. The largest absolute Gasteiger partial charge is 0.348 e. The molecular formula is C19H28N3O2+. The summed E-state index contributed by atoms with van der Waals surface area (Å²) in [7, 11) is 1.95. The monoisotopic (exact) mass is 330 g/mol. The Hall–Kier alpha value is -1.88. The Labute approximate surface area is 144 Å². The first-order valence-electron chi connectivity index (χ1n) is 9.10. The van der Waals surface area contributed by atoms with Gasteiger partial charge in [0.15, 0.2) is 12.6 Å². The van der Waals surface area contributed by atoms with E-state index in [9.17, 15) is 9.59 Å². The smallest absolute Gasteiger partial charge is 0.285 e. The average Bonchev–Trinajstić information content (AvgIpc) is 3.40. The van der Waals surface area contributed by atoms with E-state index in [1.807, 2.05) is 42.3 Å². The second-order valence-corrected chi connectivity index (χ2v) is 7.09. The number of carbonyl (C=O) groups excluding carboxylic acids is 2. The van der Waals surface area contributed by atoms with Crippen molar-refractivity contribution in [2.24, 2.45) is 0 Å². The van der Waals surface area contributed by atoms with E-state index in [0.29, 0.717) is 12.6 Å². The normalized spacial score (nSPS) is 20.3. The molecular weight excluding hydrogens is 302 g/mol. The van der Waals surface area contributed by atoms with E-state index in [1.165, 1.54) is 6.42 Å². The van der Waals surface area contributed by atoms with E-state index in [4.69, 9.17) is 0 Å². The van der Waals surface area contributed by atoms with Gasteiger partial charge in [-0.25, -0.2) is 0 Å². The molecule has 0 radical (unpaired) electrons. The number of benzene rings is 1. The van der Waals surface area contributed by atoms with Crippen molar-refractivity contribution in [2.75, 3.05) is 26.7 Å². The molecule has 1 aromatic rings. The molecule has 1 aliphatic heterocycles. The zero-order valence-electron chi connectivity index (χ0n) is 14.5. The molecule has 130 valence electrons. The van der Waals surface area contributed by atoms with Gasteiger partial charge in [-0.15, -0.1) is 0 Å². The molecule has 0 aromatic heterocycles. The van der Waals surface area contributed by atoms with Crippen LogP contribution in [0.3, 0.4) is 0 Å². The fourth-order valence-corrected chi connectivity index (χ4v) is 3.44. The molecule has 5 heteroatoms. The third-order valence-electron chi connectivity index (χ3n) is 4.92. The molecule has 3 rings (SSSR count). The lowest BCUT2D eigenvalue weighted by molar-refractivity contribution is -0.894. The second kappa shape index (κ2) is 7.79. The van der Waals surface area contributed by atoms with Gasteiger partial charge in [0.25, 0.3) is 11.8 Å².